The Balaban J connectivity index is 2.12. The lowest BCUT2D eigenvalue weighted by Crippen LogP contribution is -1.98. The van der Waals surface area contributed by atoms with Gasteiger partial charge in [0.2, 0.25) is 0 Å². The number of allylic oxidation sites excluding steroid dienone is 1. The van der Waals surface area contributed by atoms with Gasteiger partial charge in [0.25, 0.3) is 0 Å². The van der Waals surface area contributed by atoms with Crippen LogP contribution in [0.5, 0.6) is 0 Å². The van der Waals surface area contributed by atoms with Crippen molar-refractivity contribution in [2.45, 2.75) is 18.9 Å². The molecule has 1 aromatic carbocycles. The van der Waals surface area contributed by atoms with Gasteiger partial charge in [-0.1, -0.05) is 23.7 Å². The normalized spacial score (nSPS) is 19.0. The first-order chi connectivity index (χ1) is 7.16. The standard InChI is InChI=1S/C12H12ClFO/c13-10-5-3-9(4-6-10)12(15)11(14)7-8-1-2-8/h3-8,12,15H,1-2H2. The molecule has 0 spiro atoms. The van der Waals surface area contributed by atoms with Crippen molar-refractivity contribution in [3.8, 4) is 0 Å². The summed E-state index contributed by atoms with van der Waals surface area (Å²) in [7, 11) is 0. The predicted molar refractivity (Wildman–Crippen MR) is 58.3 cm³/mol. The number of benzene rings is 1. The van der Waals surface area contributed by atoms with Crippen molar-refractivity contribution in [1.82, 2.24) is 0 Å². The minimum atomic E-state index is -1.15. The summed E-state index contributed by atoms with van der Waals surface area (Å²) in [5.74, 6) is -0.133. The van der Waals surface area contributed by atoms with E-state index < -0.39 is 11.9 Å². The Hall–Kier alpha value is -0.860. The second kappa shape index (κ2) is 4.33. The van der Waals surface area contributed by atoms with E-state index in [0.29, 0.717) is 16.5 Å². The number of rotatable bonds is 3. The van der Waals surface area contributed by atoms with E-state index in [9.17, 15) is 9.50 Å². The molecule has 0 amide bonds. The smallest absolute Gasteiger partial charge is 0.130 e. The summed E-state index contributed by atoms with van der Waals surface area (Å²) in [5.41, 5.74) is 0.536. The highest BCUT2D eigenvalue weighted by Crippen LogP contribution is 2.34. The fourth-order valence-electron chi connectivity index (χ4n) is 1.38. The van der Waals surface area contributed by atoms with Crippen LogP contribution in [0.15, 0.2) is 36.2 Å². The average Bonchev–Trinajstić information content (AvgIpc) is 3.02. The molecule has 0 radical (unpaired) electrons. The third kappa shape index (κ3) is 2.80. The minimum absolute atomic E-state index is 0.326. The van der Waals surface area contributed by atoms with Crippen molar-refractivity contribution in [3.63, 3.8) is 0 Å². The van der Waals surface area contributed by atoms with Crippen molar-refractivity contribution < 1.29 is 9.50 Å². The number of hydrogen-bond acceptors (Lipinski definition) is 1. The van der Waals surface area contributed by atoms with Crippen LogP contribution in [0.25, 0.3) is 0 Å². The zero-order chi connectivity index (χ0) is 10.8. The van der Waals surface area contributed by atoms with Gasteiger partial charge in [0.15, 0.2) is 0 Å². The molecule has 0 saturated heterocycles. The molecule has 1 N–H and O–H groups in total. The molecule has 1 aliphatic carbocycles. The average molecular weight is 227 g/mol. The van der Waals surface area contributed by atoms with E-state index in [1.807, 2.05) is 0 Å². The van der Waals surface area contributed by atoms with Gasteiger partial charge in [-0.25, -0.2) is 4.39 Å². The summed E-state index contributed by atoms with van der Waals surface area (Å²) in [6.07, 6.45) is 2.42. The SMILES string of the molecule is OC(C(F)=CC1CC1)c1ccc(Cl)cc1. The third-order valence-corrected chi connectivity index (χ3v) is 2.72. The summed E-state index contributed by atoms with van der Waals surface area (Å²) in [6.45, 7) is 0. The monoisotopic (exact) mass is 226 g/mol. The number of aliphatic hydroxyl groups is 1. The van der Waals surface area contributed by atoms with Crippen LogP contribution in [-0.2, 0) is 0 Å². The van der Waals surface area contributed by atoms with Crippen LogP contribution in [-0.4, -0.2) is 5.11 Å². The Bertz CT molecular complexity index is 368. The molecule has 1 unspecified atom stereocenters. The lowest BCUT2D eigenvalue weighted by molar-refractivity contribution is 0.185. The van der Waals surface area contributed by atoms with Crippen molar-refractivity contribution in [1.29, 1.82) is 0 Å². The first kappa shape index (κ1) is 10.7. The van der Waals surface area contributed by atoms with Gasteiger partial charge in [-0.2, -0.15) is 0 Å². The van der Waals surface area contributed by atoms with Gasteiger partial charge >= 0.3 is 0 Å². The molecule has 0 bridgehead atoms. The number of hydrogen-bond donors (Lipinski definition) is 1. The van der Waals surface area contributed by atoms with E-state index >= 15 is 0 Å². The maximum absolute atomic E-state index is 13.5. The van der Waals surface area contributed by atoms with Gasteiger partial charge in [0.05, 0.1) is 0 Å². The quantitative estimate of drug-likeness (QED) is 0.835. The highest BCUT2D eigenvalue weighted by molar-refractivity contribution is 6.30. The third-order valence-electron chi connectivity index (χ3n) is 2.46. The van der Waals surface area contributed by atoms with Crippen molar-refractivity contribution >= 4 is 11.6 Å². The highest BCUT2D eigenvalue weighted by atomic mass is 35.5. The molecule has 0 aromatic heterocycles. The van der Waals surface area contributed by atoms with E-state index in [1.165, 1.54) is 6.08 Å². The number of aliphatic hydroxyl groups excluding tert-OH is 1. The molecule has 1 fully saturated rings. The molecule has 1 nitrogen and oxygen atoms in total. The zero-order valence-electron chi connectivity index (χ0n) is 8.16. The second-order valence-electron chi connectivity index (χ2n) is 3.84. The van der Waals surface area contributed by atoms with E-state index in [1.54, 1.807) is 24.3 Å². The second-order valence-corrected chi connectivity index (χ2v) is 4.28. The van der Waals surface area contributed by atoms with Gasteiger partial charge in [0, 0.05) is 5.02 Å². The lowest BCUT2D eigenvalue weighted by Gasteiger charge is -2.08. The van der Waals surface area contributed by atoms with E-state index in [-0.39, 0.29) is 0 Å². The fraction of sp³-hybridized carbons (Fsp3) is 0.333. The molecular formula is C12H12ClFO. The highest BCUT2D eigenvalue weighted by Gasteiger charge is 2.22. The maximum Gasteiger partial charge on any atom is 0.130 e. The summed E-state index contributed by atoms with van der Waals surface area (Å²) in [5, 5.41) is 10.3. The Morgan fingerprint density at radius 1 is 1.40 bits per heavy atom. The molecule has 1 saturated carbocycles. The summed E-state index contributed by atoms with van der Waals surface area (Å²) < 4.78 is 13.5. The van der Waals surface area contributed by atoms with Crippen LogP contribution in [0.4, 0.5) is 4.39 Å². The van der Waals surface area contributed by atoms with Crippen molar-refractivity contribution in [2.75, 3.05) is 0 Å². The van der Waals surface area contributed by atoms with Gasteiger partial charge in [-0.15, -0.1) is 0 Å². The Morgan fingerprint density at radius 2 is 2.00 bits per heavy atom. The van der Waals surface area contributed by atoms with Crippen LogP contribution < -0.4 is 0 Å². The molecule has 15 heavy (non-hydrogen) atoms. The molecule has 80 valence electrons. The predicted octanol–water partition coefficient (Wildman–Crippen LogP) is 3.64. The first-order valence-electron chi connectivity index (χ1n) is 4.97. The lowest BCUT2D eigenvalue weighted by atomic mass is 10.1. The zero-order valence-corrected chi connectivity index (χ0v) is 8.91. The van der Waals surface area contributed by atoms with Crippen LogP contribution in [0.1, 0.15) is 24.5 Å². The van der Waals surface area contributed by atoms with Gasteiger partial charge in [0.1, 0.15) is 11.9 Å². The fourth-order valence-corrected chi connectivity index (χ4v) is 1.51. The van der Waals surface area contributed by atoms with E-state index in [0.717, 1.165) is 12.8 Å². The molecule has 1 aromatic rings. The molecule has 2 rings (SSSR count). The van der Waals surface area contributed by atoms with Gasteiger partial charge in [-0.05, 0) is 42.5 Å². The maximum atomic E-state index is 13.5. The number of halogens is 2. The largest absolute Gasteiger partial charge is 0.381 e. The van der Waals surface area contributed by atoms with Crippen molar-refractivity contribution in [2.24, 2.45) is 5.92 Å². The van der Waals surface area contributed by atoms with E-state index in [4.69, 9.17) is 11.6 Å². The topological polar surface area (TPSA) is 20.2 Å². The molecule has 0 heterocycles. The van der Waals surface area contributed by atoms with Crippen LogP contribution >= 0.6 is 11.6 Å². The first-order valence-corrected chi connectivity index (χ1v) is 5.35. The van der Waals surface area contributed by atoms with Crippen molar-refractivity contribution in [3.05, 3.63) is 46.8 Å². The molecule has 3 heteroatoms. The molecule has 1 atom stereocenters. The van der Waals surface area contributed by atoms with Gasteiger partial charge in [-0.3, -0.25) is 0 Å². The van der Waals surface area contributed by atoms with Gasteiger partial charge < -0.3 is 5.11 Å². The summed E-state index contributed by atoms with van der Waals surface area (Å²) in [6, 6.07) is 6.55. The summed E-state index contributed by atoms with van der Waals surface area (Å²) >= 11 is 5.70. The van der Waals surface area contributed by atoms with Crippen LogP contribution in [0, 0.1) is 5.92 Å². The molecular weight excluding hydrogens is 215 g/mol. The molecule has 1 aliphatic rings. The Labute approximate surface area is 93.2 Å². The molecule has 0 aliphatic heterocycles. The minimum Gasteiger partial charge on any atom is -0.381 e. The van der Waals surface area contributed by atoms with Crippen LogP contribution in [0.3, 0.4) is 0 Å². The van der Waals surface area contributed by atoms with E-state index in [2.05, 4.69) is 0 Å². The Kier molecular flexibility index (Phi) is 3.08. The summed E-state index contributed by atoms with van der Waals surface area (Å²) in [4.78, 5) is 0. The Morgan fingerprint density at radius 3 is 2.53 bits per heavy atom. The van der Waals surface area contributed by atoms with Crippen LogP contribution in [0.2, 0.25) is 5.02 Å².